The summed E-state index contributed by atoms with van der Waals surface area (Å²) in [4.78, 5) is 20.3. The van der Waals surface area contributed by atoms with Crippen LogP contribution in [0.4, 0.5) is 13.2 Å². The predicted molar refractivity (Wildman–Crippen MR) is 96.6 cm³/mol. The van der Waals surface area contributed by atoms with Crippen LogP contribution in [0.2, 0.25) is 0 Å². The van der Waals surface area contributed by atoms with Crippen molar-refractivity contribution in [2.24, 2.45) is 5.90 Å². The van der Waals surface area contributed by atoms with Gasteiger partial charge in [0.05, 0.1) is 18.5 Å². The zero-order chi connectivity index (χ0) is 20.6. The van der Waals surface area contributed by atoms with Gasteiger partial charge < -0.3 is 9.30 Å². The summed E-state index contributed by atoms with van der Waals surface area (Å²) in [5, 5.41) is 0. The van der Waals surface area contributed by atoms with Gasteiger partial charge in [-0.15, -0.1) is 0 Å². The molecule has 0 amide bonds. The Bertz CT molecular complexity index is 789. The fraction of sp³-hybridized carbons (Fsp3) is 0.368. The van der Waals surface area contributed by atoms with E-state index in [2.05, 4.69) is 9.82 Å². The van der Waals surface area contributed by atoms with Crippen molar-refractivity contribution in [1.29, 1.82) is 0 Å². The van der Waals surface area contributed by atoms with Crippen molar-refractivity contribution in [3.05, 3.63) is 60.2 Å². The SMILES string of the molecule is CCOC(=O)C(CCC=C(Cn1ccnc1)c1cccc(C(F)(F)F)c1)ON. The molecule has 28 heavy (non-hydrogen) atoms. The van der Waals surface area contributed by atoms with Gasteiger partial charge in [-0.05, 0) is 43.0 Å². The van der Waals surface area contributed by atoms with E-state index in [-0.39, 0.29) is 13.0 Å². The fourth-order valence-corrected chi connectivity index (χ4v) is 2.63. The van der Waals surface area contributed by atoms with E-state index in [4.69, 9.17) is 10.6 Å². The monoisotopic (exact) mass is 397 g/mol. The van der Waals surface area contributed by atoms with Gasteiger partial charge in [-0.1, -0.05) is 18.2 Å². The number of alkyl halides is 3. The van der Waals surface area contributed by atoms with E-state index in [0.717, 1.165) is 12.1 Å². The summed E-state index contributed by atoms with van der Waals surface area (Å²) in [7, 11) is 0. The summed E-state index contributed by atoms with van der Waals surface area (Å²) in [5.74, 6) is 4.58. The first-order chi connectivity index (χ1) is 13.3. The number of carbonyl (C=O) groups is 1. The summed E-state index contributed by atoms with van der Waals surface area (Å²) in [6.45, 7) is 2.20. The Morgan fingerprint density at radius 2 is 2.18 bits per heavy atom. The maximum atomic E-state index is 13.1. The molecule has 6 nitrogen and oxygen atoms in total. The minimum absolute atomic E-state index is 0.199. The van der Waals surface area contributed by atoms with Crippen molar-refractivity contribution in [3.8, 4) is 0 Å². The lowest BCUT2D eigenvalue weighted by molar-refractivity contribution is -0.157. The molecule has 0 aliphatic carbocycles. The molecule has 0 saturated carbocycles. The topological polar surface area (TPSA) is 79.4 Å². The van der Waals surface area contributed by atoms with Gasteiger partial charge in [-0.3, -0.25) is 4.84 Å². The van der Waals surface area contributed by atoms with E-state index in [9.17, 15) is 18.0 Å². The number of hydrogen-bond donors (Lipinski definition) is 1. The van der Waals surface area contributed by atoms with Gasteiger partial charge in [0.2, 0.25) is 0 Å². The van der Waals surface area contributed by atoms with E-state index in [1.165, 1.54) is 6.07 Å². The van der Waals surface area contributed by atoms with Gasteiger partial charge in [0.1, 0.15) is 0 Å². The van der Waals surface area contributed by atoms with Gasteiger partial charge in [-0.25, -0.2) is 15.7 Å². The number of ether oxygens (including phenoxy) is 1. The van der Waals surface area contributed by atoms with Crippen LogP contribution in [0.5, 0.6) is 0 Å². The molecule has 152 valence electrons. The number of rotatable bonds is 9. The number of imidazole rings is 1. The normalized spacial score (nSPS) is 13.4. The van der Waals surface area contributed by atoms with E-state index in [1.54, 1.807) is 42.4 Å². The third-order valence-electron chi connectivity index (χ3n) is 4.01. The second-order valence-corrected chi connectivity index (χ2v) is 6.00. The molecule has 0 aliphatic rings. The molecule has 0 fully saturated rings. The number of nitrogens with two attached hydrogens (primary N) is 1. The minimum atomic E-state index is -4.43. The molecule has 0 aliphatic heterocycles. The predicted octanol–water partition coefficient (Wildman–Crippen LogP) is 3.59. The van der Waals surface area contributed by atoms with Crippen LogP contribution in [-0.2, 0) is 27.1 Å². The molecular formula is C19H22F3N3O3. The van der Waals surface area contributed by atoms with Crippen LogP contribution >= 0.6 is 0 Å². The highest BCUT2D eigenvalue weighted by atomic mass is 19.4. The Kier molecular flexibility index (Phi) is 7.77. The second kappa shape index (κ2) is 10.0. The fourth-order valence-electron chi connectivity index (χ4n) is 2.63. The number of halogens is 3. The van der Waals surface area contributed by atoms with Crippen LogP contribution in [0, 0.1) is 0 Å². The van der Waals surface area contributed by atoms with Crippen LogP contribution in [0.25, 0.3) is 5.57 Å². The summed E-state index contributed by atoms with van der Waals surface area (Å²) in [6.07, 6.45) is 1.87. The maximum absolute atomic E-state index is 13.1. The first-order valence-electron chi connectivity index (χ1n) is 8.69. The molecule has 2 N–H and O–H groups in total. The molecule has 9 heteroatoms. The highest BCUT2D eigenvalue weighted by Crippen LogP contribution is 2.31. The lowest BCUT2D eigenvalue weighted by Gasteiger charge is -2.14. The molecule has 0 spiro atoms. The van der Waals surface area contributed by atoms with Crippen LogP contribution in [0.15, 0.2) is 49.1 Å². The molecule has 2 rings (SSSR count). The second-order valence-electron chi connectivity index (χ2n) is 6.00. The van der Waals surface area contributed by atoms with E-state index >= 15 is 0 Å². The van der Waals surface area contributed by atoms with Crippen molar-refractivity contribution in [2.45, 2.75) is 38.6 Å². The van der Waals surface area contributed by atoms with Crippen molar-refractivity contribution < 1.29 is 27.5 Å². The molecular weight excluding hydrogens is 375 g/mol. The third kappa shape index (κ3) is 6.21. The van der Waals surface area contributed by atoms with E-state index < -0.39 is 23.8 Å². The number of nitrogens with zero attached hydrogens (tertiary/aromatic N) is 2. The average Bonchev–Trinajstić information content (AvgIpc) is 3.17. The summed E-state index contributed by atoms with van der Waals surface area (Å²) >= 11 is 0. The molecule has 1 aromatic heterocycles. The largest absolute Gasteiger partial charge is 0.464 e. The first-order valence-corrected chi connectivity index (χ1v) is 8.69. The maximum Gasteiger partial charge on any atom is 0.416 e. The van der Waals surface area contributed by atoms with Gasteiger partial charge in [0.25, 0.3) is 0 Å². The molecule has 1 unspecified atom stereocenters. The lowest BCUT2D eigenvalue weighted by Crippen LogP contribution is -2.29. The highest BCUT2D eigenvalue weighted by molar-refractivity contribution is 5.74. The van der Waals surface area contributed by atoms with Gasteiger partial charge in [-0.2, -0.15) is 13.2 Å². The molecule has 2 aromatic rings. The molecule has 0 bridgehead atoms. The van der Waals surface area contributed by atoms with Crippen molar-refractivity contribution in [3.63, 3.8) is 0 Å². The first kappa shape index (κ1) is 21.6. The van der Waals surface area contributed by atoms with Crippen molar-refractivity contribution in [2.75, 3.05) is 6.61 Å². The minimum Gasteiger partial charge on any atom is -0.464 e. The number of aromatic nitrogens is 2. The molecule has 0 radical (unpaired) electrons. The van der Waals surface area contributed by atoms with Crippen molar-refractivity contribution >= 4 is 11.5 Å². The highest BCUT2D eigenvalue weighted by Gasteiger charge is 2.30. The molecule has 1 aromatic carbocycles. The summed E-state index contributed by atoms with van der Waals surface area (Å²) in [6, 6.07) is 5.10. The van der Waals surface area contributed by atoms with Crippen LogP contribution in [-0.4, -0.2) is 28.2 Å². The standard InChI is InChI=1S/C19H22F3N3O3/c1-2-27-18(26)17(28-23)8-4-6-15(12-25-10-9-24-13-25)14-5-3-7-16(11-14)19(20,21)22/h3,5-7,9-11,13,17H,2,4,8,12,23H2,1H3. The average molecular weight is 397 g/mol. The van der Waals surface area contributed by atoms with E-state index in [1.807, 2.05) is 0 Å². The number of allylic oxidation sites excluding steroid dienone is 2. The Morgan fingerprint density at radius 1 is 1.39 bits per heavy atom. The molecule has 0 saturated heterocycles. The van der Waals surface area contributed by atoms with E-state index in [0.29, 0.717) is 24.1 Å². The van der Waals surface area contributed by atoms with Crippen molar-refractivity contribution in [1.82, 2.24) is 9.55 Å². The number of hydrogen-bond acceptors (Lipinski definition) is 5. The Balaban J connectivity index is 2.22. The third-order valence-corrected chi connectivity index (χ3v) is 4.01. The smallest absolute Gasteiger partial charge is 0.416 e. The number of carbonyl (C=O) groups excluding carboxylic acids is 1. The van der Waals surface area contributed by atoms with Gasteiger partial charge in [0, 0.05) is 18.9 Å². The molecule has 1 heterocycles. The summed E-state index contributed by atoms with van der Waals surface area (Å²) < 4.78 is 45.8. The number of esters is 1. The molecule has 1 atom stereocenters. The van der Waals surface area contributed by atoms with Gasteiger partial charge in [0.15, 0.2) is 6.10 Å². The summed E-state index contributed by atoms with van der Waals surface area (Å²) in [5.41, 5.74) is 0.366. The van der Waals surface area contributed by atoms with Gasteiger partial charge >= 0.3 is 12.1 Å². The number of benzene rings is 1. The Labute approximate surface area is 160 Å². The zero-order valence-electron chi connectivity index (χ0n) is 15.4. The lowest BCUT2D eigenvalue weighted by atomic mass is 10.0. The Hall–Kier alpha value is -2.65. The van der Waals surface area contributed by atoms with Crippen LogP contribution in [0.3, 0.4) is 0 Å². The van der Waals surface area contributed by atoms with Crippen LogP contribution < -0.4 is 5.90 Å². The quantitative estimate of drug-likeness (QED) is 0.517. The Morgan fingerprint density at radius 3 is 2.79 bits per heavy atom. The zero-order valence-corrected chi connectivity index (χ0v) is 15.4. The van der Waals surface area contributed by atoms with Crippen LogP contribution in [0.1, 0.15) is 30.9 Å².